The Balaban J connectivity index is 2.31. The lowest BCUT2D eigenvalue weighted by molar-refractivity contribution is -0.139. The summed E-state index contributed by atoms with van der Waals surface area (Å²) in [5.74, 6) is -0.270. The van der Waals surface area contributed by atoms with Gasteiger partial charge in [0.25, 0.3) is 0 Å². The van der Waals surface area contributed by atoms with Gasteiger partial charge in [0.1, 0.15) is 5.65 Å². The molecule has 0 aliphatic heterocycles. The number of nitrogens with zero attached hydrogens (tertiary/aromatic N) is 2. The Labute approximate surface area is 81.1 Å². The quantitative estimate of drug-likeness (QED) is 0.665. The predicted octanol–water partition coefficient (Wildman–Crippen LogP) is 1.05. The van der Waals surface area contributed by atoms with Crippen molar-refractivity contribution in [1.29, 1.82) is 0 Å². The molecule has 0 N–H and O–H groups in total. The monoisotopic (exact) mass is 190 g/mol. The van der Waals surface area contributed by atoms with E-state index >= 15 is 0 Å². The van der Waals surface area contributed by atoms with Crippen molar-refractivity contribution in [2.24, 2.45) is 0 Å². The molecule has 0 amide bonds. The topological polar surface area (TPSA) is 43.6 Å². The second kappa shape index (κ2) is 3.49. The van der Waals surface area contributed by atoms with Crippen molar-refractivity contribution < 1.29 is 9.53 Å². The Morgan fingerprint density at radius 3 is 3.14 bits per heavy atom. The van der Waals surface area contributed by atoms with Crippen LogP contribution in [-0.4, -0.2) is 22.5 Å². The Hall–Kier alpha value is -1.84. The average molecular weight is 190 g/mol. The molecule has 2 heterocycles. The Bertz CT molecular complexity index is 429. The van der Waals surface area contributed by atoms with Gasteiger partial charge in [0.2, 0.25) is 0 Å². The minimum Gasteiger partial charge on any atom is -0.469 e. The van der Waals surface area contributed by atoms with Crippen LogP contribution in [0.5, 0.6) is 0 Å². The van der Waals surface area contributed by atoms with Crippen molar-refractivity contribution in [1.82, 2.24) is 9.38 Å². The van der Waals surface area contributed by atoms with E-state index in [1.54, 1.807) is 0 Å². The Morgan fingerprint density at radius 1 is 1.57 bits per heavy atom. The van der Waals surface area contributed by atoms with Gasteiger partial charge in [-0.05, 0) is 12.1 Å². The summed E-state index contributed by atoms with van der Waals surface area (Å²) >= 11 is 0. The molecular weight excluding hydrogens is 180 g/mol. The highest BCUT2D eigenvalue weighted by atomic mass is 16.5. The fraction of sp³-hybridized carbons (Fsp3) is 0.200. The molecule has 2 aromatic heterocycles. The lowest BCUT2D eigenvalue weighted by atomic mass is 10.3. The lowest BCUT2D eigenvalue weighted by Crippen LogP contribution is -2.04. The van der Waals surface area contributed by atoms with Crippen LogP contribution in [0.4, 0.5) is 0 Å². The number of carbonyl (C=O) groups is 1. The van der Waals surface area contributed by atoms with Crippen LogP contribution in [-0.2, 0) is 16.0 Å². The van der Waals surface area contributed by atoms with Crippen LogP contribution in [0.2, 0.25) is 0 Å². The first kappa shape index (κ1) is 8.74. The number of hydrogen-bond acceptors (Lipinski definition) is 3. The van der Waals surface area contributed by atoms with E-state index in [-0.39, 0.29) is 12.4 Å². The summed E-state index contributed by atoms with van der Waals surface area (Å²) < 4.78 is 6.44. The van der Waals surface area contributed by atoms with Gasteiger partial charge in [0.15, 0.2) is 0 Å². The Kier molecular flexibility index (Phi) is 2.18. The zero-order valence-electron chi connectivity index (χ0n) is 7.80. The van der Waals surface area contributed by atoms with Crippen LogP contribution in [0.3, 0.4) is 0 Å². The largest absolute Gasteiger partial charge is 0.469 e. The molecule has 2 aromatic rings. The second-order valence-electron chi connectivity index (χ2n) is 2.95. The van der Waals surface area contributed by atoms with Gasteiger partial charge in [0, 0.05) is 12.4 Å². The highest BCUT2D eigenvalue weighted by Crippen LogP contribution is 2.05. The molecule has 0 saturated heterocycles. The summed E-state index contributed by atoms with van der Waals surface area (Å²) in [6.45, 7) is 0. The number of fused-ring (bicyclic) bond motifs is 1. The van der Waals surface area contributed by atoms with Gasteiger partial charge in [-0.25, -0.2) is 4.98 Å². The van der Waals surface area contributed by atoms with E-state index in [1.807, 2.05) is 35.0 Å². The molecule has 14 heavy (non-hydrogen) atoms. The molecule has 0 fully saturated rings. The molecule has 4 heteroatoms. The number of rotatable bonds is 2. The summed E-state index contributed by atoms with van der Waals surface area (Å²) in [5.41, 5.74) is 1.56. The third kappa shape index (κ3) is 1.59. The molecule has 0 aromatic carbocycles. The zero-order valence-corrected chi connectivity index (χ0v) is 7.80. The number of pyridine rings is 1. The summed E-state index contributed by atoms with van der Waals surface area (Å²) in [6, 6.07) is 5.71. The van der Waals surface area contributed by atoms with Gasteiger partial charge < -0.3 is 9.14 Å². The van der Waals surface area contributed by atoms with Gasteiger partial charge in [-0.1, -0.05) is 6.07 Å². The SMILES string of the molecule is COC(=O)Cc1cn2ccccc2n1. The predicted molar refractivity (Wildman–Crippen MR) is 50.9 cm³/mol. The van der Waals surface area contributed by atoms with E-state index < -0.39 is 0 Å². The molecule has 0 spiro atoms. The van der Waals surface area contributed by atoms with Crippen LogP contribution in [0.1, 0.15) is 5.69 Å². The number of esters is 1. The van der Waals surface area contributed by atoms with Crippen molar-refractivity contribution >= 4 is 11.6 Å². The molecule has 0 aliphatic rings. The molecule has 0 atom stereocenters. The minimum atomic E-state index is -0.270. The highest BCUT2D eigenvalue weighted by Gasteiger charge is 2.06. The molecule has 2 rings (SSSR count). The van der Waals surface area contributed by atoms with Gasteiger partial charge in [-0.2, -0.15) is 0 Å². The number of carbonyl (C=O) groups excluding carboxylic acids is 1. The van der Waals surface area contributed by atoms with Crippen LogP contribution in [0, 0.1) is 0 Å². The van der Waals surface area contributed by atoms with E-state index in [1.165, 1.54) is 7.11 Å². The molecule has 0 bridgehead atoms. The first-order valence-electron chi connectivity index (χ1n) is 4.29. The molecular formula is C10H10N2O2. The van der Waals surface area contributed by atoms with Crippen molar-refractivity contribution in [2.75, 3.05) is 7.11 Å². The zero-order chi connectivity index (χ0) is 9.97. The molecule has 0 radical (unpaired) electrons. The van der Waals surface area contributed by atoms with E-state index in [2.05, 4.69) is 9.72 Å². The highest BCUT2D eigenvalue weighted by molar-refractivity contribution is 5.72. The maximum absolute atomic E-state index is 11.0. The smallest absolute Gasteiger partial charge is 0.311 e. The molecule has 0 aliphatic carbocycles. The van der Waals surface area contributed by atoms with Crippen LogP contribution >= 0.6 is 0 Å². The number of aromatic nitrogens is 2. The van der Waals surface area contributed by atoms with Crippen molar-refractivity contribution in [2.45, 2.75) is 6.42 Å². The van der Waals surface area contributed by atoms with Crippen LogP contribution in [0.15, 0.2) is 30.6 Å². The average Bonchev–Trinajstić information content (AvgIpc) is 2.59. The number of methoxy groups -OCH3 is 1. The molecule has 0 unspecified atom stereocenters. The third-order valence-corrected chi connectivity index (χ3v) is 1.97. The summed E-state index contributed by atoms with van der Waals surface area (Å²) in [4.78, 5) is 15.2. The van der Waals surface area contributed by atoms with Gasteiger partial charge in [-0.3, -0.25) is 4.79 Å². The lowest BCUT2D eigenvalue weighted by Gasteiger charge is -1.92. The normalized spacial score (nSPS) is 10.4. The van der Waals surface area contributed by atoms with Crippen molar-refractivity contribution in [3.63, 3.8) is 0 Å². The van der Waals surface area contributed by atoms with E-state index in [9.17, 15) is 4.79 Å². The third-order valence-electron chi connectivity index (χ3n) is 1.97. The van der Waals surface area contributed by atoms with Gasteiger partial charge >= 0.3 is 5.97 Å². The second-order valence-corrected chi connectivity index (χ2v) is 2.95. The fourth-order valence-electron chi connectivity index (χ4n) is 1.29. The van der Waals surface area contributed by atoms with Crippen LogP contribution in [0.25, 0.3) is 5.65 Å². The van der Waals surface area contributed by atoms with E-state index in [0.29, 0.717) is 0 Å². The first-order chi connectivity index (χ1) is 6.79. The summed E-state index contributed by atoms with van der Waals surface area (Å²) in [5, 5.41) is 0. The number of imidazole rings is 1. The van der Waals surface area contributed by atoms with Gasteiger partial charge in [0.05, 0.1) is 19.2 Å². The fourth-order valence-corrected chi connectivity index (χ4v) is 1.29. The maximum Gasteiger partial charge on any atom is 0.311 e. The maximum atomic E-state index is 11.0. The minimum absolute atomic E-state index is 0.220. The summed E-state index contributed by atoms with van der Waals surface area (Å²) in [7, 11) is 1.37. The number of hydrogen-bond donors (Lipinski definition) is 0. The molecule has 4 nitrogen and oxygen atoms in total. The van der Waals surface area contributed by atoms with E-state index in [0.717, 1.165) is 11.3 Å². The van der Waals surface area contributed by atoms with Crippen LogP contribution < -0.4 is 0 Å². The van der Waals surface area contributed by atoms with Crippen molar-refractivity contribution in [3.8, 4) is 0 Å². The number of ether oxygens (including phenoxy) is 1. The molecule has 72 valence electrons. The van der Waals surface area contributed by atoms with Crippen molar-refractivity contribution in [3.05, 3.63) is 36.3 Å². The molecule has 0 saturated carbocycles. The summed E-state index contributed by atoms with van der Waals surface area (Å²) in [6.07, 6.45) is 3.94. The standard InChI is InChI=1S/C10H10N2O2/c1-14-10(13)6-8-7-12-5-3-2-4-9(12)11-8/h2-5,7H,6H2,1H3. The Morgan fingerprint density at radius 2 is 2.43 bits per heavy atom. The van der Waals surface area contributed by atoms with E-state index in [4.69, 9.17) is 0 Å². The first-order valence-corrected chi connectivity index (χ1v) is 4.29. The van der Waals surface area contributed by atoms with Gasteiger partial charge in [-0.15, -0.1) is 0 Å².